The summed E-state index contributed by atoms with van der Waals surface area (Å²) < 4.78 is 16.2. The molecule has 21 heavy (non-hydrogen) atoms. The molecule has 0 aliphatic rings. The smallest absolute Gasteiger partial charge is 0.261 e. The first-order valence-corrected chi connectivity index (χ1v) is 7.49. The van der Waals surface area contributed by atoms with Crippen LogP contribution in [0.5, 0.6) is 0 Å². The number of halogens is 1. The van der Waals surface area contributed by atoms with Crippen molar-refractivity contribution in [2.45, 2.75) is 13.0 Å². The van der Waals surface area contributed by atoms with Gasteiger partial charge in [0.25, 0.3) is 5.91 Å². The lowest BCUT2D eigenvalue weighted by Gasteiger charge is -2.03. The number of aryl methyl sites for hydroxylation is 1. The minimum Gasteiger partial charge on any atom is -0.351 e. The fraction of sp³-hybridized carbons (Fsp3) is 0.200. The van der Waals surface area contributed by atoms with Crippen LogP contribution in [-0.4, -0.2) is 22.2 Å². The van der Waals surface area contributed by atoms with Crippen LogP contribution in [0.1, 0.15) is 16.1 Å². The molecule has 108 valence electrons. The molecule has 2 aromatic heterocycles. The number of rotatable bonds is 5. The van der Waals surface area contributed by atoms with Crippen LogP contribution < -0.4 is 5.32 Å². The van der Waals surface area contributed by atoms with Crippen LogP contribution in [-0.2, 0) is 6.54 Å². The Hall–Kier alpha value is -2.21. The van der Waals surface area contributed by atoms with Crippen molar-refractivity contribution in [2.24, 2.45) is 0 Å². The molecule has 0 aliphatic heterocycles. The molecule has 3 rings (SSSR count). The van der Waals surface area contributed by atoms with Crippen molar-refractivity contribution in [3.8, 4) is 0 Å². The summed E-state index contributed by atoms with van der Waals surface area (Å²) in [6.45, 7) is 1.32. The van der Waals surface area contributed by atoms with Crippen molar-refractivity contribution in [1.82, 2.24) is 15.1 Å². The second kappa shape index (κ2) is 6.05. The highest BCUT2D eigenvalue weighted by Gasteiger charge is 2.11. The Morgan fingerprint density at radius 2 is 2.29 bits per heavy atom. The average molecular weight is 303 g/mol. The molecule has 0 fully saturated rings. The summed E-state index contributed by atoms with van der Waals surface area (Å²) in [7, 11) is 0. The minimum atomic E-state index is -0.290. The van der Waals surface area contributed by atoms with Crippen molar-refractivity contribution < 1.29 is 9.18 Å². The highest BCUT2D eigenvalue weighted by Crippen LogP contribution is 2.27. The molecule has 0 saturated carbocycles. The molecule has 1 amide bonds. The normalized spacial score (nSPS) is 10.9. The first kappa shape index (κ1) is 13.8. The summed E-state index contributed by atoms with van der Waals surface area (Å²) >= 11 is 1.31. The van der Waals surface area contributed by atoms with E-state index in [2.05, 4.69) is 10.4 Å². The zero-order valence-corrected chi connectivity index (χ0v) is 12.1. The molecule has 0 aliphatic carbocycles. The van der Waals surface area contributed by atoms with E-state index >= 15 is 0 Å². The van der Waals surface area contributed by atoms with Gasteiger partial charge in [0.15, 0.2) is 0 Å². The van der Waals surface area contributed by atoms with E-state index in [-0.39, 0.29) is 11.7 Å². The van der Waals surface area contributed by atoms with Gasteiger partial charge in [-0.1, -0.05) is 6.07 Å². The molecule has 3 aromatic rings. The zero-order valence-electron chi connectivity index (χ0n) is 11.3. The van der Waals surface area contributed by atoms with Crippen LogP contribution in [0.25, 0.3) is 10.1 Å². The molecule has 1 aromatic carbocycles. The van der Waals surface area contributed by atoms with E-state index in [9.17, 15) is 9.18 Å². The van der Waals surface area contributed by atoms with Crippen molar-refractivity contribution in [2.75, 3.05) is 6.54 Å². The highest BCUT2D eigenvalue weighted by atomic mass is 32.1. The summed E-state index contributed by atoms with van der Waals surface area (Å²) in [5.74, 6) is -0.447. The lowest BCUT2D eigenvalue weighted by Crippen LogP contribution is -2.24. The lowest BCUT2D eigenvalue weighted by atomic mass is 10.2. The van der Waals surface area contributed by atoms with Gasteiger partial charge in [0.1, 0.15) is 5.82 Å². The van der Waals surface area contributed by atoms with Crippen LogP contribution >= 0.6 is 11.3 Å². The number of nitrogens with zero attached hydrogens (tertiary/aromatic N) is 2. The van der Waals surface area contributed by atoms with Gasteiger partial charge in [0, 0.05) is 35.6 Å². The maximum absolute atomic E-state index is 13.6. The Morgan fingerprint density at radius 1 is 1.38 bits per heavy atom. The van der Waals surface area contributed by atoms with Crippen LogP contribution in [0.3, 0.4) is 0 Å². The van der Waals surface area contributed by atoms with E-state index in [4.69, 9.17) is 0 Å². The zero-order chi connectivity index (χ0) is 14.7. The summed E-state index contributed by atoms with van der Waals surface area (Å²) in [4.78, 5) is 12.6. The number of hydrogen-bond donors (Lipinski definition) is 1. The van der Waals surface area contributed by atoms with Gasteiger partial charge in [-0.25, -0.2) is 4.39 Å². The number of nitrogens with one attached hydrogen (secondary N) is 1. The molecule has 0 atom stereocenters. The van der Waals surface area contributed by atoms with Crippen molar-refractivity contribution in [1.29, 1.82) is 0 Å². The molecule has 0 spiro atoms. The van der Waals surface area contributed by atoms with Crippen molar-refractivity contribution >= 4 is 27.3 Å². The van der Waals surface area contributed by atoms with E-state index in [1.165, 1.54) is 17.4 Å². The topological polar surface area (TPSA) is 46.9 Å². The first-order valence-electron chi connectivity index (χ1n) is 6.68. The van der Waals surface area contributed by atoms with E-state index in [0.29, 0.717) is 16.8 Å². The summed E-state index contributed by atoms with van der Waals surface area (Å²) in [5, 5.41) is 7.45. The largest absolute Gasteiger partial charge is 0.351 e. The highest BCUT2D eigenvalue weighted by molar-refractivity contribution is 7.20. The molecule has 0 radical (unpaired) electrons. The molecule has 0 bridgehead atoms. The van der Waals surface area contributed by atoms with Crippen LogP contribution in [0.4, 0.5) is 4.39 Å². The number of amides is 1. The van der Waals surface area contributed by atoms with Gasteiger partial charge in [0.05, 0.1) is 4.88 Å². The first-order chi connectivity index (χ1) is 10.2. The van der Waals surface area contributed by atoms with Crippen molar-refractivity contribution in [3.63, 3.8) is 0 Å². The number of aromatic nitrogens is 2. The van der Waals surface area contributed by atoms with Crippen LogP contribution in [0, 0.1) is 5.82 Å². The van der Waals surface area contributed by atoms with Gasteiger partial charge in [-0.2, -0.15) is 5.10 Å². The molecule has 4 nitrogen and oxygen atoms in total. The Bertz CT molecular complexity index is 751. The third-order valence-electron chi connectivity index (χ3n) is 3.14. The van der Waals surface area contributed by atoms with Gasteiger partial charge >= 0.3 is 0 Å². The molecule has 2 heterocycles. The summed E-state index contributed by atoms with van der Waals surface area (Å²) in [6.07, 6.45) is 4.41. The second-order valence-electron chi connectivity index (χ2n) is 4.64. The van der Waals surface area contributed by atoms with Gasteiger partial charge in [-0.05, 0) is 30.7 Å². The number of thiophene rings is 1. The number of benzene rings is 1. The molecule has 6 heteroatoms. The Kier molecular flexibility index (Phi) is 3.96. The maximum Gasteiger partial charge on any atom is 0.261 e. The third-order valence-corrected chi connectivity index (χ3v) is 4.24. The number of fused-ring (bicyclic) bond motifs is 1. The number of hydrogen-bond acceptors (Lipinski definition) is 3. The number of carbonyl (C=O) groups is 1. The molecule has 0 unspecified atom stereocenters. The monoisotopic (exact) mass is 303 g/mol. The predicted octanol–water partition coefficient (Wildman–Crippen LogP) is 3.06. The van der Waals surface area contributed by atoms with E-state index in [1.54, 1.807) is 18.3 Å². The average Bonchev–Trinajstić information content (AvgIpc) is 3.13. The van der Waals surface area contributed by atoms with Gasteiger partial charge in [-0.15, -0.1) is 11.3 Å². The van der Waals surface area contributed by atoms with Crippen LogP contribution in [0.15, 0.2) is 42.7 Å². The minimum absolute atomic E-state index is 0.156. The fourth-order valence-electron chi connectivity index (χ4n) is 2.10. The number of carbonyl (C=O) groups excluding carboxylic acids is 1. The van der Waals surface area contributed by atoms with E-state index in [1.807, 2.05) is 23.0 Å². The fourth-order valence-corrected chi connectivity index (χ4v) is 3.09. The van der Waals surface area contributed by atoms with Gasteiger partial charge in [-0.3, -0.25) is 9.48 Å². The molecule has 0 saturated heterocycles. The standard InChI is InChI=1S/C15H14FN3OS/c16-12-4-1-5-13-11(12)10-14(21-13)15(20)17-6-2-8-19-9-3-7-18-19/h1,3-5,7,9-10H,2,6,8H2,(H,17,20). The SMILES string of the molecule is O=C(NCCCn1cccn1)c1cc2c(F)cccc2s1. The summed E-state index contributed by atoms with van der Waals surface area (Å²) in [5.41, 5.74) is 0. The Morgan fingerprint density at radius 3 is 3.05 bits per heavy atom. The predicted molar refractivity (Wildman–Crippen MR) is 81.0 cm³/mol. The quantitative estimate of drug-likeness (QED) is 0.736. The van der Waals surface area contributed by atoms with Gasteiger partial charge in [0.2, 0.25) is 0 Å². The molecule has 1 N–H and O–H groups in total. The van der Waals surface area contributed by atoms with E-state index < -0.39 is 0 Å². The maximum atomic E-state index is 13.6. The van der Waals surface area contributed by atoms with Crippen LogP contribution in [0.2, 0.25) is 0 Å². The van der Waals surface area contributed by atoms with Gasteiger partial charge < -0.3 is 5.32 Å². The molecular weight excluding hydrogens is 289 g/mol. The Balaban J connectivity index is 1.58. The molecular formula is C15H14FN3OS. The Labute approximate surface area is 125 Å². The van der Waals surface area contributed by atoms with Crippen molar-refractivity contribution in [3.05, 3.63) is 53.4 Å². The summed E-state index contributed by atoms with van der Waals surface area (Å²) in [6, 6.07) is 8.35. The second-order valence-corrected chi connectivity index (χ2v) is 5.72. The lowest BCUT2D eigenvalue weighted by molar-refractivity contribution is 0.0956. The van der Waals surface area contributed by atoms with E-state index in [0.717, 1.165) is 17.7 Å². The third kappa shape index (κ3) is 3.11.